The molecule has 0 spiro atoms. The highest BCUT2D eigenvalue weighted by molar-refractivity contribution is 5.46. The molecule has 0 aliphatic carbocycles. The van der Waals surface area contributed by atoms with Crippen molar-refractivity contribution >= 4 is 5.69 Å². The molecule has 0 unspecified atom stereocenters. The summed E-state index contributed by atoms with van der Waals surface area (Å²) in [5.74, 6) is -0.408. The molecule has 0 bridgehead atoms. The normalized spacial score (nSPS) is 21.1. The molecule has 16 heavy (non-hydrogen) atoms. The van der Waals surface area contributed by atoms with Crippen LogP contribution in [0.1, 0.15) is 13.8 Å². The average molecular weight is 223 g/mol. The molecule has 0 aromatic carbocycles. The van der Waals surface area contributed by atoms with Gasteiger partial charge in [-0.05, 0) is 27.0 Å². The lowest BCUT2D eigenvalue weighted by molar-refractivity contribution is 0.139. The van der Waals surface area contributed by atoms with Gasteiger partial charge in [-0.25, -0.2) is 4.98 Å². The predicted octanol–water partition coefficient (Wildman–Crippen LogP) is 1.75. The van der Waals surface area contributed by atoms with Gasteiger partial charge < -0.3 is 4.90 Å². The third kappa shape index (κ3) is 2.16. The third-order valence-corrected chi connectivity index (χ3v) is 3.39. The minimum absolute atomic E-state index is 0.123. The SMILES string of the molecule is CN1CCN(c2ccnc(F)c2)CC1(C)C. The maximum atomic E-state index is 13.0. The molecule has 1 saturated heterocycles. The van der Waals surface area contributed by atoms with Gasteiger partial charge in [0.25, 0.3) is 0 Å². The number of nitrogens with zero attached hydrogens (tertiary/aromatic N) is 3. The Morgan fingerprint density at radius 2 is 2.12 bits per heavy atom. The Morgan fingerprint density at radius 3 is 2.75 bits per heavy atom. The number of pyridine rings is 1. The molecule has 2 rings (SSSR count). The quantitative estimate of drug-likeness (QED) is 0.676. The molecule has 0 saturated carbocycles. The Labute approximate surface area is 95.9 Å². The maximum Gasteiger partial charge on any atom is 0.214 e. The molecule has 0 amide bonds. The molecule has 1 aromatic rings. The van der Waals surface area contributed by atoms with Gasteiger partial charge in [-0.3, -0.25) is 4.90 Å². The van der Waals surface area contributed by atoms with Gasteiger partial charge in [0.15, 0.2) is 0 Å². The van der Waals surface area contributed by atoms with E-state index in [1.165, 1.54) is 12.3 Å². The van der Waals surface area contributed by atoms with Gasteiger partial charge >= 0.3 is 0 Å². The van der Waals surface area contributed by atoms with Crippen LogP contribution in [0.4, 0.5) is 10.1 Å². The minimum atomic E-state index is -0.408. The second-order valence-corrected chi connectivity index (χ2v) is 4.99. The molecule has 4 heteroatoms. The fourth-order valence-corrected chi connectivity index (χ4v) is 2.05. The summed E-state index contributed by atoms with van der Waals surface area (Å²) in [5, 5.41) is 0. The molecule has 88 valence electrons. The molecular weight excluding hydrogens is 205 g/mol. The Morgan fingerprint density at radius 1 is 1.38 bits per heavy atom. The second-order valence-electron chi connectivity index (χ2n) is 4.99. The van der Waals surface area contributed by atoms with Crippen molar-refractivity contribution in [3.05, 3.63) is 24.3 Å². The van der Waals surface area contributed by atoms with Crippen LogP contribution >= 0.6 is 0 Å². The lowest BCUT2D eigenvalue weighted by Crippen LogP contribution is -2.57. The molecule has 3 nitrogen and oxygen atoms in total. The van der Waals surface area contributed by atoms with E-state index in [9.17, 15) is 4.39 Å². The summed E-state index contributed by atoms with van der Waals surface area (Å²) in [6, 6.07) is 3.37. The summed E-state index contributed by atoms with van der Waals surface area (Å²) < 4.78 is 13.0. The highest BCUT2D eigenvalue weighted by atomic mass is 19.1. The van der Waals surface area contributed by atoms with Crippen LogP contribution in [0.5, 0.6) is 0 Å². The number of halogens is 1. The average Bonchev–Trinajstić information content (AvgIpc) is 2.22. The minimum Gasteiger partial charge on any atom is -0.368 e. The Bertz CT molecular complexity index is 378. The Hall–Kier alpha value is -1.16. The van der Waals surface area contributed by atoms with Crippen LogP contribution in [-0.2, 0) is 0 Å². The molecule has 1 fully saturated rings. The summed E-state index contributed by atoms with van der Waals surface area (Å²) in [4.78, 5) is 8.13. The van der Waals surface area contributed by atoms with Gasteiger partial charge in [-0.2, -0.15) is 4.39 Å². The topological polar surface area (TPSA) is 19.4 Å². The lowest BCUT2D eigenvalue weighted by Gasteiger charge is -2.46. The fourth-order valence-electron chi connectivity index (χ4n) is 2.05. The molecule has 1 aromatic heterocycles. The number of aromatic nitrogens is 1. The summed E-state index contributed by atoms with van der Waals surface area (Å²) in [7, 11) is 2.13. The Balaban J connectivity index is 2.18. The van der Waals surface area contributed by atoms with Gasteiger partial charge in [0.05, 0.1) is 0 Å². The van der Waals surface area contributed by atoms with Crippen LogP contribution in [-0.4, -0.2) is 42.1 Å². The van der Waals surface area contributed by atoms with E-state index in [0.717, 1.165) is 25.3 Å². The summed E-state index contributed by atoms with van der Waals surface area (Å²) >= 11 is 0. The van der Waals surface area contributed by atoms with Crippen molar-refractivity contribution in [1.29, 1.82) is 0 Å². The van der Waals surface area contributed by atoms with Gasteiger partial charge in [0, 0.05) is 43.1 Å². The van der Waals surface area contributed by atoms with E-state index >= 15 is 0 Å². The third-order valence-electron chi connectivity index (χ3n) is 3.39. The van der Waals surface area contributed by atoms with Crippen LogP contribution in [0, 0.1) is 5.95 Å². The first-order valence-electron chi connectivity index (χ1n) is 5.57. The van der Waals surface area contributed by atoms with Crippen LogP contribution in [0.2, 0.25) is 0 Å². The fraction of sp³-hybridized carbons (Fsp3) is 0.583. The van der Waals surface area contributed by atoms with Gasteiger partial charge in [0.1, 0.15) is 0 Å². The molecular formula is C12H18FN3. The molecule has 2 heterocycles. The first-order chi connectivity index (χ1) is 7.49. The maximum absolute atomic E-state index is 13.0. The second kappa shape index (κ2) is 4.01. The van der Waals surface area contributed by atoms with Gasteiger partial charge in [0.2, 0.25) is 5.95 Å². The van der Waals surface area contributed by atoms with Crippen LogP contribution in [0.3, 0.4) is 0 Å². The van der Waals surface area contributed by atoms with Crippen molar-refractivity contribution in [2.75, 3.05) is 31.6 Å². The van der Waals surface area contributed by atoms with Crippen molar-refractivity contribution in [2.24, 2.45) is 0 Å². The standard InChI is InChI=1S/C12H18FN3/c1-12(2)9-16(7-6-15(12)3)10-4-5-14-11(13)8-10/h4-5,8H,6-7,9H2,1-3H3. The van der Waals surface area contributed by atoms with Crippen molar-refractivity contribution in [1.82, 2.24) is 9.88 Å². The smallest absolute Gasteiger partial charge is 0.214 e. The van der Waals surface area contributed by atoms with Crippen molar-refractivity contribution in [3.8, 4) is 0 Å². The molecule has 0 N–H and O–H groups in total. The highest BCUT2D eigenvalue weighted by Gasteiger charge is 2.31. The Kier molecular flexibility index (Phi) is 2.84. The van der Waals surface area contributed by atoms with E-state index in [1.807, 2.05) is 6.07 Å². The number of rotatable bonds is 1. The summed E-state index contributed by atoms with van der Waals surface area (Å²) in [6.45, 7) is 7.25. The lowest BCUT2D eigenvalue weighted by atomic mass is 9.99. The number of hydrogen-bond donors (Lipinski definition) is 0. The van der Waals surface area contributed by atoms with E-state index in [0.29, 0.717) is 0 Å². The van der Waals surface area contributed by atoms with Gasteiger partial charge in [-0.15, -0.1) is 0 Å². The van der Waals surface area contributed by atoms with E-state index < -0.39 is 5.95 Å². The summed E-state index contributed by atoms with van der Waals surface area (Å²) in [6.07, 6.45) is 1.52. The number of likely N-dealkylation sites (N-methyl/N-ethyl adjacent to an activating group) is 1. The summed E-state index contributed by atoms with van der Waals surface area (Å²) in [5.41, 5.74) is 1.05. The first-order valence-corrected chi connectivity index (χ1v) is 5.57. The molecule has 1 aliphatic rings. The van der Waals surface area contributed by atoms with Crippen LogP contribution in [0.25, 0.3) is 0 Å². The van der Waals surface area contributed by atoms with E-state index in [4.69, 9.17) is 0 Å². The van der Waals surface area contributed by atoms with E-state index in [-0.39, 0.29) is 5.54 Å². The van der Waals surface area contributed by atoms with Crippen molar-refractivity contribution < 1.29 is 4.39 Å². The highest BCUT2D eigenvalue weighted by Crippen LogP contribution is 2.24. The van der Waals surface area contributed by atoms with Crippen LogP contribution in [0.15, 0.2) is 18.3 Å². The molecule has 1 aliphatic heterocycles. The number of hydrogen-bond acceptors (Lipinski definition) is 3. The van der Waals surface area contributed by atoms with Crippen LogP contribution < -0.4 is 4.90 Å². The zero-order valence-corrected chi connectivity index (χ0v) is 10.1. The zero-order valence-electron chi connectivity index (χ0n) is 10.1. The van der Waals surface area contributed by atoms with Crippen molar-refractivity contribution in [2.45, 2.75) is 19.4 Å². The number of anilines is 1. The molecule has 0 radical (unpaired) electrons. The van der Waals surface area contributed by atoms with E-state index in [2.05, 4.69) is 35.7 Å². The zero-order chi connectivity index (χ0) is 11.8. The van der Waals surface area contributed by atoms with Crippen molar-refractivity contribution in [3.63, 3.8) is 0 Å². The van der Waals surface area contributed by atoms with Gasteiger partial charge in [-0.1, -0.05) is 0 Å². The van der Waals surface area contributed by atoms with E-state index in [1.54, 1.807) is 0 Å². The first kappa shape index (κ1) is 11.3. The largest absolute Gasteiger partial charge is 0.368 e. The predicted molar refractivity (Wildman–Crippen MR) is 63.1 cm³/mol. The molecule has 0 atom stereocenters. The number of piperazine rings is 1. The monoisotopic (exact) mass is 223 g/mol.